The monoisotopic (exact) mass is 408 g/mol. The molecule has 1 saturated heterocycles. The molecule has 4 rings (SSSR count). The van der Waals surface area contributed by atoms with Crippen molar-refractivity contribution in [2.75, 3.05) is 40.4 Å². The van der Waals surface area contributed by atoms with Gasteiger partial charge >= 0.3 is 0 Å². The lowest BCUT2D eigenvalue weighted by molar-refractivity contribution is -0.128. The number of benzene rings is 1. The lowest BCUT2D eigenvalue weighted by atomic mass is 10.1. The van der Waals surface area contributed by atoms with Crippen molar-refractivity contribution in [2.45, 2.75) is 6.54 Å². The molecule has 30 heavy (non-hydrogen) atoms. The van der Waals surface area contributed by atoms with E-state index in [1.54, 1.807) is 4.90 Å². The van der Waals surface area contributed by atoms with Crippen LogP contribution in [-0.4, -0.2) is 71.9 Å². The fraction of sp³-hybridized carbons (Fsp3) is 0.318. The van der Waals surface area contributed by atoms with Gasteiger partial charge in [0.25, 0.3) is 11.7 Å². The molecule has 3 aromatic rings. The molecule has 8 heteroatoms. The van der Waals surface area contributed by atoms with E-state index in [1.165, 1.54) is 32.2 Å². The fourth-order valence-electron chi connectivity index (χ4n) is 3.79. The van der Waals surface area contributed by atoms with Crippen LogP contribution in [0.5, 0.6) is 11.6 Å². The number of hydrogen-bond donors (Lipinski definition) is 1. The van der Waals surface area contributed by atoms with Crippen LogP contribution in [0.15, 0.2) is 42.7 Å². The lowest BCUT2D eigenvalue weighted by Crippen LogP contribution is -2.50. The second-order valence-electron chi connectivity index (χ2n) is 7.17. The predicted octanol–water partition coefficient (Wildman–Crippen LogP) is 2.11. The van der Waals surface area contributed by atoms with E-state index in [1.807, 2.05) is 18.2 Å². The standard InChI is InChI=1S/C22H24N4O4/c1-29-17-13-24-21(30-2)19-18(17)16(12-23-19)20(27)22(28)26-10-8-25(9-11-26)14-15-6-4-3-5-7-15/h3-7,12-13,23H,8-11,14H2,1-2H3. The molecule has 0 unspecified atom stereocenters. The molecule has 1 aliphatic heterocycles. The largest absolute Gasteiger partial charge is 0.494 e. The summed E-state index contributed by atoms with van der Waals surface area (Å²) in [5.74, 6) is -0.319. The smallest absolute Gasteiger partial charge is 0.295 e. The van der Waals surface area contributed by atoms with Gasteiger partial charge < -0.3 is 19.4 Å². The number of pyridine rings is 1. The Balaban J connectivity index is 1.48. The van der Waals surface area contributed by atoms with Crippen LogP contribution in [0.25, 0.3) is 10.9 Å². The molecule has 1 N–H and O–H groups in total. The van der Waals surface area contributed by atoms with Crippen molar-refractivity contribution in [1.29, 1.82) is 0 Å². The molecule has 1 fully saturated rings. The number of carbonyl (C=O) groups is 2. The number of amides is 1. The first-order valence-electron chi connectivity index (χ1n) is 9.80. The zero-order valence-electron chi connectivity index (χ0n) is 17.1. The Hall–Kier alpha value is -3.39. The van der Waals surface area contributed by atoms with Crippen molar-refractivity contribution in [3.63, 3.8) is 0 Å². The van der Waals surface area contributed by atoms with E-state index in [0.29, 0.717) is 35.6 Å². The van der Waals surface area contributed by atoms with Crippen LogP contribution in [0, 0.1) is 0 Å². The molecule has 3 heterocycles. The minimum Gasteiger partial charge on any atom is -0.494 e. The number of piperazine rings is 1. The number of carbonyl (C=O) groups excluding carboxylic acids is 2. The van der Waals surface area contributed by atoms with Gasteiger partial charge in [0.2, 0.25) is 5.88 Å². The maximum atomic E-state index is 13.0. The third-order valence-electron chi connectivity index (χ3n) is 5.40. The van der Waals surface area contributed by atoms with Crippen molar-refractivity contribution in [1.82, 2.24) is 19.8 Å². The number of Topliss-reactive ketones (excluding diaryl/α,β-unsaturated/α-hetero) is 1. The van der Waals surface area contributed by atoms with Gasteiger partial charge in [-0.2, -0.15) is 0 Å². The summed E-state index contributed by atoms with van der Waals surface area (Å²) in [6.07, 6.45) is 3.00. The number of methoxy groups -OCH3 is 2. The van der Waals surface area contributed by atoms with Crippen molar-refractivity contribution in [2.24, 2.45) is 0 Å². The van der Waals surface area contributed by atoms with E-state index in [-0.39, 0.29) is 5.56 Å². The van der Waals surface area contributed by atoms with Crippen molar-refractivity contribution in [3.05, 3.63) is 53.9 Å². The maximum Gasteiger partial charge on any atom is 0.295 e. The third kappa shape index (κ3) is 3.73. The number of nitrogens with one attached hydrogen (secondary N) is 1. The number of aromatic nitrogens is 2. The van der Waals surface area contributed by atoms with Gasteiger partial charge in [-0.05, 0) is 5.56 Å². The highest BCUT2D eigenvalue weighted by Gasteiger charge is 2.30. The van der Waals surface area contributed by atoms with Gasteiger partial charge in [0.1, 0.15) is 11.3 Å². The van der Waals surface area contributed by atoms with Gasteiger partial charge in [-0.1, -0.05) is 30.3 Å². The second kappa shape index (κ2) is 8.54. The number of fused-ring (bicyclic) bond motifs is 1. The summed E-state index contributed by atoms with van der Waals surface area (Å²) in [6.45, 7) is 3.32. The quantitative estimate of drug-likeness (QED) is 0.497. The highest BCUT2D eigenvalue weighted by molar-refractivity contribution is 6.45. The molecule has 0 saturated carbocycles. The summed E-state index contributed by atoms with van der Waals surface area (Å²) in [4.78, 5) is 37.0. The highest BCUT2D eigenvalue weighted by Crippen LogP contribution is 2.33. The maximum absolute atomic E-state index is 13.0. The molecular weight excluding hydrogens is 384 g/mol. The Bertz CT molecular complexity index is 1060. The fourth-order valence-corrected chi connectivity index (χ4v) is 3.79. The van der Waals surface area contributed by atoms with Crippen LogP contribution < -0.4 is 9.47 Å². The molecule has 0 radical (unpaired) electrons. The summed E-state index contributed by atoms with van der Waals surface area (Å²) in [7, 11) is 2.99. The van der Waals surface area contributed by atoms with Crippen molar-refractivity contribution >= 4 is 22.6 Å². The Kier molecular flexibility index (Phi) is 5.67. The average molecular weight is 408 g/mol. The number of nitrogens with zero attached hydrogens (tertiary/aromatic N) is 3. The second-order valence-corrected chi connectivity index (χ2v) is 7.17. The SMILES string of the molecule is COc1ncc(OC)c2c(C(=O)C(=O)N3CCN(Cc4ccccc4)CC3)c[nH]c12. The highest BCUT2D eigenvalue weighted by atomic mass is 16.5. The molecule has 8 nitrogen and oxygen atoms in total. The average Bonchev–Trinajstić information content (AvgIpc) is 3.24. The Morgan fingerprint density at radius 1 is 1.07 bits per heavy atom. The zero-order chi connectivity index (χ0) is 21.1. The molecule has 1 aliphatic rings. The number of aromatic amines is 1. The predicted molar refractivity (Wildman–Crippen MR) is 112 cm³/mol. The number of H-pyrrole nitrogens is 1. The number of ketones is 1. The summed E-state index contributed by atoms with van der Waals surface area (Å²) < 4.78 is 10.6. The minimum atomic E-state index is -0.565. The van der Waals surface area contributed by atoms with Crippen LogP contribution in [0.3, 0.4) is 0 Å². The first-order valence-corrected chi connectivity index (χ1v) is 9.80. The van der Waals surface area contributed by atoms with E-state index < -0.39 is 11.7 Å². The van der Waals surface area contributed by atoms with Crippen LogP contribution in [0.1, 0.15) is 15.9 Å². The van der Waals surface area contributed by atoms with Gasteiger partial charge in [0.15, 0.2) is 0 Å². The van der Waals surface area contributed by atoms with Crippen LogP contribution in [0.4, 0.5) is 0 Å². The number of hydrogen-bond acceptors (Lipinski definition) is 6. The molecule has 2 aromatic heterocycles. The Labute approximate surface area is 174 Å². The van der Waals surface area contributed by atoms with Gasteiger partial charge in [0.05, 0.1) is 31.4 Å². The van der Waals surface area contributed by atoms with E-state index in [9.17, 15) is 9.59 Å². The molecule has 0 atom stereocenters. The summed E-state index contributed by atoms with van der Waals surface area (Å²) in [5.41, 5.74) is 2.03. The topological polar surface area (TPSA) is 87.8 Å². The van der Waals surface area contributed by atoms with Crippen LogP contribution in [-0.2, 0) is 11.3 Å². The third-order valence-corrected chi connectivity index (χ3v) is 5.40. The van der Waals surface area contributed by atoms with E-state index in [2.05, 4.69) is 27.0 Å². The lowest BCUT2D eigenvalue weighted by Gasteiger charge is -2.34. The minimum absolute atomic E-state index is 0.263. The number of rotatable bonds is 6. The van der Waals surface area contributed by atoms with Gasteiger partial charge in [-0.3, -0.25) is 14.5 Å². The molecule has 1 amide bonds. The molecule has 1 aromatic carbocycles. The zero-order valence-corrected chi connectivity index (χ0v) is 17.1. The van der Waals surface area contributed by atoms with E-state index >= 15 is 0 Å². The Morgan fingerprint density at radius 2 is 1.80 bits per heavy atom. The van der Waals surface area contributed by atoms with Crippen LogP contribution in [0.2, 0.25) is 0 Å². The summed E-state index contributed by atoms with van der Waals surface area (Å²) >= 11 is 0. The first kappa shape index (κ1) is 19.9. The summed E-state index contributed by atoms with van der Waals surface area (Å²) in [5, 5.41) is 0.505. The van der Waals surface area contributed by atoms with Gasteiger partial charge in [-0.15, -0.1) is 0 Å². The molecule has 0 spiro atoms. The molecule has 156 valence electrons. The number of ether oxygens (including phenoxy) is 2. The normalized spacial score (nSPS) is 14.7. The van der Waals surface area contributed by atoms with E-state index in [0.717, 1.165) is 19.6 Å². The molecule has 0 aliphatic carbocycles. The van der Waals surface area contributed by atoms with E-state index in [4.69, 9.17) is 9.47 Å². The Morgan fingerprint density at radius 3 is 2.47 bits per heavy atom. The summed E-state index contributed by atoms with van der Waals surface area (Å²) in [6, 6.07) is 10.2. The van der Waals surface area contributed by atoms with Crippen LogP contribution >= 0.6 is 0 Å². The van der Waals surface area contributed by atoms with Crippen molar-refractivity contribution < 1.29 is 19.1 Å². The van der Waals surface area contributed by atoms with Crippen molar-refractivity contribution in [3.8, 4) is 11.6 Å². The van der Waals surface area contributed by atoms with Gasteiger partial charge in [0, 0.05) is 38.9 Å². The van der Waals surface area contributed by atoms with Gasteiger partial charge in [-0.25, -0.2) is 4.98 Å². The first-order chi connectivity index (χ1) is 14.6. The molecule has 0 bridgehead atoms. The molecular formula is C22H24N4O4.